The van der Waals surface area contributed by atoms with E-state index in [2.05, 4.69) is 10.3 Å². The van der Waals surface area contributed by atoms with E-state index in [1.165, 1.54) is 0 Å². The Morgan fingerprint density at radius 2 is 2.16 bits per heavy atom. The minimum absolute atomic E-state index is 0.112. The Morgan fingerprint density at radius 3 is 2.92 bits per heavy atom. The Labute approximate surface area is 151 Å². The zero-order chi connectivity index (χ0) is 17.6. The Kier molecular flexibility index (Phi) is 5.68. The van der Waals surface area contributed by atoms with Crippen LogP contribution in [0.2, 0.25) is 5.02 Å². The number of methoxy groups -OCH3 is 1. The Hall–Kier alpha value is -2.37. The number of benzene rings is 1. The second kappa shape index (κ2) is 8.14. The van der Waals surface area contributed by atoms with Gasteiger partial charge < -0.3 is 14.6 Å². The van der Waals surface area contributed by atoms with Gasteiger partial charge in [0.05, 0.1) is 6.61 Å². The zero-order valence-corrected chi connectivity index (χ0v) is 14.8. The molecule has 1 N–H and O–H groups in total. The number of hydrogen-bond donors (Lipinski definition) is 1. The van der Waals surface area contributed by atoms with Gasteiger partial charge in [0.25, 0.3) is 5.91 Å². The Balaban J connectivity index is 1.77. The van der Waals surface area contributed by atoms with Crippen LogP contribution in [-0.4, -0.2) is 35.7 Å². The number of rotatable bonds is 7. The predicted octanol–water partition coefficient (Wildman–Crippen LogP) is 3.31. The third-order valence-electron chi connectivity index (χ3n) is 4.01. The molecule has 0 radical (unpaired) electrons. The molecule has 0 atom stereocenters. The van der Waals surface area contributed by atoms with Crippen LogP contribution in [0.1, 0.15) is 16.2 Å². The van der Waals surface area contributed by atoms with Crippen LogP contribution in [0.4, 0.5) is 0 Å². The second-order valence-corrected chi connectivity index (χ2v) is 6.14. The third kappa shape index (κ3) is 4.18. The number of pyridine rings is 1. The second-order valence-electron chi connectivity index (χ2n) is 5.70. The first-order valence-electron chi connectivity index (χ1n) is 8.15. The van der Waals surface area contributed by atoms with Crippen molar-refractivity contribution in [2.24, 2.45) is 0 Å². The molecule has 130 valence electrons. The fourth-order valence-electron chi connectivity index (χ4n) is 2.79. The first-order chi connectivity index (χ1) is 12.2. The molecule has 0 bridgehead atoms. The van der Waals surface area contributed by atoms with Gasteiger partial charge in [-0.3, -0.25) is 9.78 Å². The fourth-order valence-corrected chi connectivity index (χ4v) is 2.97. The Morgan fingerprint density at radius 1 is 1.28 bits per heavy atom. The molecule has 0 saturated carbocycles. The molecule has 3 rings (SSSR count). The molecule has 0 spiro atoms. The summed E-state index contributed by atoms with van der Waals surface area (Å²) in [4.78, 5) is 16.9. The molecular weight excluding hydrogens is 338 g/mol. The van der Waals surface area contributed by atoms with Gasteiger partial charge in [-0.15, -0.1) is 0 Å². The standard InChI is InChI=1S/C19H20ClN3O2/c1-25-11-10-23-17-6-5-15(20)12-14(17)13-18(23)19(24)22-9-7-16-4-2-3-8-21-16/h2-6,8,12-13H,7,9-11H2,1H3,(H,22,24). The van der Waals surface area contributed by atoms with E-state index in [0.29, 0.717) is 36.8 Å². The van der Waals surface area contributed by atoms with Crippen LogP contribution in [0.3, 0.4) is 0 Å². The lowest BCUT2D eigenvalue weighted by molar-refractivity contribution is 0.0942. The van der Waals surface area contributed by atoms with E-state index in [4.69, 9.17) is 16.3 Å². The highest BCUT2D eigenvalue weighted by Gasteiger charge is 2.15. The molecule has 1 aromatic carbocycles. The Bertz CT molecular complexity index is 862. The molecule has 0 unspecified atom stereocenters. The third-order valence-corrected chi connectivity index (χ3v) is 4.24. The maximum absolute atomic E-state index is 12.6. The molecule has 0 saturated heterocycles. The van der Waals surface area contributed by atoms with Gasteiger partial charge >= 0.3 is 0 Å². The SMILES string of the molecule is COCCn1c(C(=O)NCCc2ccccn2)cc2cc(Cl)ccc21. The highest BCUT2D eigenvalue weighted by molar-refractivity contribution is 6.31. The monoisotopic (exact) mass is 357 g/mol. The van der Waals surface area contributed by atoms with Crippen molar-refractivity contribution < 1.29 is 9.53 Å². The quantitative estimate of drug-likeness (QED) is 0.705. The van der Waals surface area contributed by atoms with Crippen LogP contribution in [0.25, 0.3) is 10.9 Å². The summed E-state index contributed by atoms with van der Waals surface area (Å²) in [5.41, 5.74) is 2.53. The molecule has 2 heterocycles. The smallest absolute Gasteiger partial charge is 0.267 e. The van der Waals surface area contributed by atoms with Gasteiger partial charge in [-0.05, 0) is 36.4 Å². The highest BCUT2D eigenvalue weighted by Crippen LogP contribution is 2.23. The van der Waals surface area contributed by atoms with Crippen LogP contribution >= 0.6 is 11.6 Å². The van der Waals surface area contributed by atoms with Gasteiger partial charge in [-0.25, -0.2) is 0 Å². The minimum Gasteiger partial charge on any atom is -0.383 e. The lowest BCUT2D eigenvalue weighted by Gasteiger charge is -2.10. The van der Waals surface area contributed by atoms with Gasteiger partial charge in [0.1, 0.15) is 5.69 Å². The number of carbonyl (C=O) groups excluding carboxylic acids is 1. The van der Waals surface area contributed by atoms with E-state index < -0.39 is 0 Å². The predicted molar refractivity (Wildman–Crippen MR) is 99.1 cm³/mol. The number of ether oxygens (including phenoxy) is 1. The number of amides is 1. The number of aromatic nitrogens is 2. The van der Waals surface area contributed by atoms with Crippen LogP contribution in [0, 0.1) is 0 Å². The van der Waals surface area contributed by atoms with Crippen LogP contribution in [0.5, 0.6) is 0 Å². The van der Waals surface area contributed by atoms with Gasteiger partial charge in [0.15, 0.2) is 0 Å². The summed E-state index contributed by atoms with van der Waals surface area (Å²) in [6, 6.07) is 13.3. The molecular formula is C19H20ClN3O2. The fraction of sp³-hybridized carbons (Fsp3) is 0.263. The number of fused-ring (bicyclic) bond motifs is 1. The summed E-state index contributed by atoms with van der Waals surface area (Å²) in [5.74, 6) is -0.112. The average molecular weight is 358 g/mol. The largest absolute Gasteiger partial charge is 0.383 e. The van der Waals surface area contributed by atoms with E-state index in [-0.39, 0.29) is 5.91 Å². The summed E-state index contributed by atoms with van der Waals surface area (Å²) in [5, 5.41) is 4.56. The first kappa shape index (κ1) is 17.5. The van der Waals surface area contributed by atoms with Crippen molar-refractivity contribution in [1.82, 2.24) is 14.9 Å². The van der Waals surface area contributed by atoms with Crippen molar-refractivity contribution in [3.05, 3.63) is 65.1 Å². The molecule has 2 aromatic heterocycles. The summed E-state index contributed by atoms with van der Waals surface area (Å²) in [6.07, 6.45) is 2.44. The molecule has 25 heavy (non-hydrogen) atoms. The van der Waals surface area contributed by atoms with Crippen molar-refractivity contribution in [1.29, 1.82) is 0 Å². The topological polar surface area (TPSA) is 56.1 Å². The maximum Gasteiger partial charge on any atom is 0.267 e. The van der Waals surface area contributed by atoms with Crippen LogP contribution in [-0.2, 0) is 17.7 Å². The molecule has 0 fully saturated rings. The van der Waals surface area contributed by atoms with Crippen LogP contribution < -0.4 is 5.32 Å². The zero-order valence-electron chi connectivity index (χ0n) is 14.0. The van der Waals surface area contributed by atoms with Crippen molar-refractivity contribution >= 4 is 28.4 Å². The van der Waals surface area contributed by atoms with Gasteiger partial charge in [-0.1, -0.05) is 17.7 Å². The number of nitrogens with one attached hydrogen (secondary N) is 1. The summed E-state index contributed by atoms with van der Waals surface area (Å²) in [7, 11) is 1.65. The van der Waals surface area contributed by atoms with E-state index in [9.17, 15) is 4.79 Å². The van der Waals surface area contributed by atoms with E-state index in [1.807, 2.05) is 47.0 Å². The van der Waals surface area contributed by atoms with Gasteiger partial charge in [-0.2, -0.15) is 0 Å². The minimum atomic E-state index is -0.112. The normalized spacial score (nSPS) is 11.0. The van der Waals surface area contributed by atoms with Gasteiger partial charge in [0, 0.05) is 54.4 Å². The molecule has 0 aliphatic heterocycles. The number of hydrogen-bond acceptors (Lipinski definition) is 3. The van der Waals surface area contributed by atoms with Gasteiger partial charge in [0.2, 0.25) is 0 Å². The van der Waals surface area contributed by atoms with E-state index in [1.54, 1.807) is 13.3 Å². The lowest BCUT2D eigenvalue weighted by atomic mass is 10.2. The molecule has 0 aliphatic carbocycles. The van der Waals surface area contributed by atoms with E-state index in [0.717, 1.165) is 16.6 Å². The molecule has 1 amide bonds. The molecule has 0 aliphatic rings. The van der Waals surface area contributed by atoms with Crippen molar-refractivity contribution in [2.45, 2.75) is 13.0 Å². The molecule has 3 aromatic rings. The van der Waals surface area contributed by atoms with Crippen LogP contribution in [0.15, 0.2) is 48.7 Å². The lowest BCUT2D eigenvalue weighted by Crippen LogP contribution is -2.28. The highest BCUT2D eigenvalue weighted by atomic mass is 35.5. The maximum atomic E-state index is 12.6. The summed E-state index contributed by atoms with van der Waals surface area (Å²) in [6.45, 7) is 1.66. The summed E-state index contributed by atoms with van der Waals surface area (Å²) >= 11 is 6.07. The van der Waals surface area contributed by atoms with Crippen molar-refractivity contribution in [3.8, 4) is 0 Å². The first-order valence-corrected chi connectivity index (χ1v) is 8.52. The summed E-state index contributed by atoms with van der Waals surface area (Å²) < 4.78 is 7.14. The number of carbonyl (C=O) groups is 1. The van der Waals surface area contributed by atoms with Crippen molar-refractivity contribution in [2.75, 3.05) is 20.3 Å². The van der Waals surface area contributed by atoms with E-state index >= 15 is 0 Å². The number of nitrogens with zero attached hydrogens (tertiary/aromatic N) is 2. The van der Waals surface area contributed by atoms with Crippen molar-refractivity contribution in [3.63, 3.8) is 0 Å². The molecule has 5 nitrogen and oxygen atoms in total. The average Bonchev–Trinajstić information content (AvgIpc) is 2.98. The molecule has 6 heteroatoms. The number of halogens is 1.